The number of para-hydroxylation sites is 1. The monoisotopic (exact) mass is 408 g/mol. The van der Waals surface area contributed by atoms with E-state index in [0.717, 1.165) is 53.4 Å². The van der Waals surface area contributed by atoms with Crippen molar-refractivity contribution >= 4 is 27.5 Å². The van der Waals surface area contributed by atoms with Crippen molar-refractivity contribution in [2.45, 2.75) is 38.1 Å². The molecule has 5 nitrogen and oxygen atoms in total. The lowest BCUT2D eigenvalue weighted by Gasteiger charge is -2.23. The molecule has 1 amide bonds. The number of aromatic nitrogens is 1. The number of fused-ring (bicyclic) bond motifs is 2. The minimum atomic E-state index is 0.115. The Kier molecular flexibility index (Phi) is 5.10. The number of hydrogen-bond donors (Lipinski definition) is 0. The molecule has 1 unspecified atom stereocenters. The first-order chi connectivity index (χ1) is 14.3. The van der Waals surface area contributed by atoms with Crippen LogP contribution in [0.25, 0.3) is 10.2 Å². The average Bonchev–Trinajstić information content (AvgIpc) is 3.33. The zero-order valence-corrected chi connectivity index (χ0v) is 17.1. The number of likely N-dealkylation sites (tertiary alicyclic amines) is 1. The van der Waals surface area contributed by atoms with Gasteiger partial charge in [0.15, 0.2) is 11.5 Å². The van der Waals surface area contributed by atoms with E-state index < -0.39 is 0 Å². The normalized spacial score (nSPS) is 18.8. The van der Waals surface area contributed by atoms with Gasteiger partial charge in [0.1, 0.15) is 5.01 Å². The highest BCUT2D eigenvalue weighted by molar-refractivity contribution is 7.18. The van der Waals surface area contributed by atoms with Crippen molar-refractivity contribution in [3.8, 4) is 11.5 Å². The Morgan fingerprint density at radius 3 is 2.86 bits per heavy atom. The van der Waals surface area contributed by atoms with Crippen LogP contribution < -0.4 is 9.47 Å². The van der Waals surface area contributed by atoms with Crippen molar-refractivity contribution < 1.29 is 14.3 Å². The van der Waals surface area contributed by atoms with Crippen LogP contribution in [0.3, 0.4) is 0 Å². The first-order valence-electron chi connectivity index (χ1n) is 10.3. The smallest absolute Gasteiger partial charge is 0.223 e. The molecule has 150 valence electrons. The molecule has 3 aromatic rings. The van der Waals surface area contributed by atoms with Crippen LogP contribution in [0.1, 0.15) is 42.3 Å². The summed E-state index contributed by atoms with van der Waals surface area (Å²) in [5.41, 5.74) is 2.14. The maximum atomic E-state index is 13.0. The Hall–Kier alpha value is -2.60. The van der Waals surface area contributed by atoms with Gasteiger partial charge in [-0.05, 0) is 49.1 Å². The number of thiazole rings is 1. The van der Waals surface area contributed by atoms with Gasteiger partial charge in [0.25, 0.3) is 0 Å². The van der Waals surface area contributed by atoms with Crippen LogP contribution >= 0.6 is 11.3 Å². The van der Waals surface area contributed by atoms with Crippen molar-refractivity contribution in [2.75, 3.05) is 19.8 Å². The van der Waals surface area contributed by atoms with E-state index in [4.69, 9.17) is 14.5 Å². The van der Waals surface area contributed by atoms with Gasteiger partial charge in [-0.2, -0.15) is 0 Å². The van der Waals surface area contributed by atoms with E-state index in [1.807, 2.05) is 41.3 Å². The molecule has 1 aromatic heterocycles. The van der Waals surface area contributed by atoms with Crippen molar-refractivity contribution in [1.82, 2.24) is 9.88 Å². The number of aryl methyl sites for hydroxylation is 1. The zero-order valence-electron chi connectivity index (χ0n) is 16.3. The van der Waals surface area contributed by atoms with E-state index in [0.29, 0.717) is 26.1 Å². The molecular formula is C23H24N2O3S. The molecule has 1 fully saturated rings. The SMILES string of the molecule is O=C(CCc1ccc2c(c1)OCCCO2)N1CCCC1c1nc2ccccc2s1. The van der Waals surface area contributed by atoms with Crippen LogP contribution in [0, 0.1) is 0 Å². The van der Waals surface area contributed by atoms with Gasteiger partial charge in [-0.1, -0.05) is 18.2 Å². The van der Waals surface area contributed by atoms with Gasteiger partial charge in [0.2, 0.25) is 5.91 Å². The lowest BCUT2D eigenvalue weighted by atomic mass is 10.1. The Morgan fingerprint density at radius 1 is 1.10 bits per heavy atom. The van der Waals surface area contributed by atoms with E-state index in [1.54, 1.807) is 11.3 Å². The van der Waals surface area contributed by atoms with Gasteiger partial charge in [-0.15, -0.1) is 11.3 Å². The average molecular weight is 409 g/mol. The lowest BCUT2D eigenvalue weighted by Crippen LogP contribution is -2.30. The molecule has 0 saturated carbocycles. The van der Waals surface area contributed by atoms with Gasteiger partial charge >= 0.3 is 0 Å². The van der Waals surface area contributed by atoms with Crippen molar-refractivity contribution in [1.29, 1.82) is 0 Å². The molecule has 2 aliphatic heterocycles. The summed E-state index contributed by atoms with van der Waals surface area (Å²) in [4.78, 5) is 19.8. The summed E-state index contributed by atoms with van der Waals surface area (Å²) in [7, 11) is 0. The van der Waals surface area contributed by atoms with Crippen LogP contribution in [-0.2, 0) is 11.2 Å². The van der Waals surface area contributed by atoms with Crippen molar-refractivity contribution in [2.24, 2.45) is 0 Å². The summed E-state index contributed by atoms with van der Waals surface area (Å²) < 4.78 is 12.7. The molecule has 29 heavy (non-hydrogen) atoms. The minimum absolute atomic E-state index is 0.115. The largest absolute Gasteiger partial charge is 0.490 e. The van der Waals surface area contributed by atoms with Crippen molar-refractivity contribution in [3.05, 3.63) is 53.0 Å². The Labute approximate surface area is 174 Å². The number of amides is 1. The van der Waals surface area contributed by atoms with Crippen LogP contribution in [0.4, 0.5) is 0 Å². The third kappa shape index (κ3) is 3.81. The first-order valence-corrected chi connectivity index (χ1v) is 11.1. The fourth-order valence-electron chi connectivity index (χ4n) is 4.11. The number of rotatable bonds is 4. The highest BCUT2D eigenvalue weighted by atomic mass is 32.1. The Balaban J connectivity index is 1.27. The second-order valence-corrected chi connectivity index (χ2v) is 8.66. The fraction of sp³-hybridized carbons (Fsp3) is 0.391. The molecule has 0 spiro atoms. The van der Waals surface area contributed by atoms with E-state index in [2.05, 4.69) is 6.07 Å². The third-order valence-corrected chi connectivity index (χ3v) is 6.75. The molecule has 0 radical (unpaired) electrons. The highest BCUT2D eigenvalue weighted by Crippen LogP contribution is 2.37. The summed E-state index contributed by atoms with van der Waals surface area (Å²) >= 11 is 1.71. The number of benzene rings is 2. The lowest BCUT2D eigenvalue weighted by molar-refractivity contribution is -0.132. The van der Waals surface area contributed by atoms with Gasteiger partial charge in [-0.25, -0.2) is 4.98 Å². The molecule has 0 bridgehead atoms. The molecule has 1 saturated heterocycles. The van der Waals surface area contributed by atoms with Crippen LogP contribution in [-0.4, -0.2) is 35.5 Å². The summed E-state index contributed by atoms with van der Waals surface area (Å²) in [5, 5.41) is 1.06. The van der Waals surface area contributed by atoms with Gasteiger partial charge < -0.3 is 14.4 Å². The number of carbonyl (C=O) groups is 1. The minimum Gasteiger partial charge on any atom is -0.490 e. The van der Waals surface area contributed by atoms with E-state index >= 15 is 0 Å². The summed E-state index contributed by atoms with van der Waals surface area (Å²) in [6.07, 6.45) is 4.14. The Morgan fingerprint density at radius 2 is 1.97 bits per heavy atom. The van der Waals surface area contributed by atoms with E-state index in [9.17, 15) is 4.79 Å². The standard InChI is InChI=1S/C23H24N2O3S/c26-22(11-9-16-8-10-19-20(15-16)28-14-4-13-27-19)25-12-3-6-18(25)23-24-17-5-1-2-7-21(17)29-23/h1-2,5,7-8,10,15,18H,3-4,6,9,11-14H2. The van der Waals surface area contributed by atoms with Gasteiger partial charge in [-0.3, -0.25) is 4.79 Å². The summed E-state index contributed by atoms with van der Waals surface area (Å²) in [6.45, 7) is 2.18. The molecule has 5 rings (SSSR count). The number of ether oxygens (including phenoxy) is 2. The highest BCUT2D eigenvalue weighted by Gasteiger charge is 2.31. The molecule has 0 aliphatic carbocycles. The number of hydrogen-bond acceptors (Lipinski definition) is 5. The number of nitrogens with zero attached hydrogens (tertiary/aromatic N) is 2. The second-order valence-electron chi connectivity index (χ2n) is 7.60. The van der Waals surface area contributed by atoms with Crippen LogP contribution in [0.15, 0.2) is 42.5 Å². The van der Waals surface area contributed by atoms with Crippen LogP contribution in [0.2, 0.25) is 0 Å². The van der Waals surface area contributed by atoms with Crippen molar-refractivity contribution in [3.63, 3.8) is 0 Å². The Bertz CT molecular complexity index is 999. The van der Waals surface area contributed by atoms with Gasteiger partial charge in [0, 0.05) is 19.4 Å². The molecule has 2 aliphatic rings. The molecule has 0 N–H and O–H groups in total. The predicted octanol–water partition coefficient (Wildman–Crippen LogP) is 4.75. The molecule has 2 aromatic carbocycles. The molecule has 1 atom stereocenters. The topological polar surface area (TPSA) is 51.7 Å². The number of carbonyl (C=O) groups excluding carboxylic acids is 1. The predicted molar refractivity (Wildman–Crippen MR) is 114 cm³/mol. The molecular weight excluding hydrogens is 384 g/mol. The quantitative estimate of drug-likeness (QED) is 0.625. The maximum Gasteiger partial charge on any atom is 0.223 e. The summed E-state index contributed by atoms with van der Waals surface area (Å²) in [5.74, 6) is 1.80. The second kappa shape index (κ2) is 8.03. The molecule has 6 heteroatoms. The zero-order chi connectivity index (χ0) is 19.6. The fourth-order valence-corrected chi connectivity index (χ4v) is 5.23. The maximum absolute atomic E-state index is 13.0. The summed E-state index contributed by atoms with van der Waals surface area (Å²) in [6, 6.07) is 14.3. The first kappa shape index (κ1) is 18.4. The third-order valence-electron chi connectivity index (χ3n) is 5.61. The van der Waals surface area contributed by atoms with Crippen LogP contribution in [0.5, 0.6) is 11.5 Å². The van der Waals surface area contributed by atoms with Gasteiger partial charge in [0.05, 0.1) is 29.5 Å². The van der Waals surface area contributed by atoms with E-state index in [1.165, 1.54) is 4.70 Å². The molecule has 3 heterocycles. The van der Waals surface area contributed by atoms with E-state index in [-0.39, 0.29) is 11.9 Å².